The van der Waals surface area contributed by atoms with E-state index in [0.717, 1.165) is 20.1 Å². The van der Waals surface area contributed by atoms with E-state index in [9.17, 15) is 13.2 Å². The fourth-order valence-electron chi connectivity index (χ4n) is 2.28. The van der Waals surface area contributed by atoms with Crippen LogP contribution in [-0.4, -0.2) is 38.8 Å². The maximum Gasteiger partial charge on any atom is 0.243 e. The van der Waals surface area contributed by atoms with Crippen LogP contribution in [0.1, 0.15) is 12.5 Å². The summed E-state index contributed by atoms with van der Waals surface area (Å²) < 4.78 is 32.4. The molecule has 0 unspecified atom stereocenters. The molecule has 0 saturated heterocycles. The molecule has 2 rings (SSSR count). The maximum absolute atomic E-state index is 12.7. The molecule has 2 aromatic rings. The van der Waals surface area contributed by atoms with Gasteiger partial charge in [-0.1, -0.05) is 35.0 Å². The van der Waals surface area contributed by atoms with Crippen molar-refractivity contribution >= 4 is 31.9 Å². The van der Waals surface area contributed by atoms with Crippen molar-refractivity contribution in [2.24, 2.45) is 0 Å². The van der Waals surface area contributed by atoms with E-state index in [2.05, 4.69) is 21.2 Å². The highest BCUT2D eigenvalue weighted by atomic mass is 79.9. The Bertz CT molecular complexity index is 836. The van der Waals surface area contributed by atoms with Crippen molar-refractivity contribution in [2.75, 3.05) is 20.2 Å². The highest BCUT2D eigenvalue weighted by Crippen LogP contribution is 2.18. The number of benzene rings is 2. The molecule has 26 heavy (non-hydrogen) atoms. The molecule has 0 bridgehead atoms. The first-order valence-electron chi connectivity index (χ1n) is 8.02. The second kappa shape index (κ2) is 9.16. The largest absolute Gasteiger partial charge is 0.497 e. The van der Waals surface area contributed by atoms with Crippen LogP contribution in [0, 0.1) is 0 Å². The lowest BCUT2D eigenvalue weighted by molar-refractivity contribution is -0.121. The van der Waals surface area contributed by atoms with Crippen LogP contribution in [0.5, 0.6) is 5.75 Å². The molecule has 0 radical (unpaired) electrons. The number of sulfonamides is 1. The number of nitrogens with zero attached hydrogens (tertiary/aromatic N) is 1. The Labute approximate surface area is 162 Å². The Balaban J connectivity index is 1.99. The first kappa shape index (κ1) is 20.4. The molecule has 0 fully saturated rings. The summed E-state index contributed by atoms with van der Waals surface area (Å²) in [7, 11) is -2.13. The third kappa shape index (κ3) is 5.30. The van der Waals surface area contributed by atoms with Crippen LogP contribution in [0.25, 0.3) is 0 Å². The van der Waals surface area contributed by atoms with Gasteiger partial charge in [-0.2, -0.15) is 4.31 Å². The number of rotatable bonds is 8. The number of amides is 1. The second-order valence-corrected chi connectivity index (χ2v) is 8.36. The molecule has 0 aliphatic carbocycles. The van der Waals surface area contributed by atoms with Crippen LogP contribution in [0.15, 0.2) is 57.9 Å². The van der Waals surface area contributed by atoms with Crippen LogP contribution in [-0.2, 0) is 21.4 Å². The van der Waals surface area contributed by atoms with Gasteiger partial charge in [-0.25, -0.2) is 8.42 Å². The number of likely N-dealkylation sites (N-methyl/N-ethyl adjacent to an activating group) is 1. The standard InChI is InChI=1S/C18H21BrN2O4S/c1-3-21(26(23,24)17-10-6-15(19)7-11-17)13-18(22)20-12-14-4-8-16(25-2)9-5-14/h4-11H,3,12-13H2,1-2H3,(H,20,22). The fourth-order valence-corrected chi connectivity index (χ4v) is 3.95. The van der Waals surface area contributed by atoms with E-state index < -0.39 is 10.0 Å². The molecule has 1 N–H and O–H groups in total. The van der Waals surface area contributed by atoms with Gasteiger partial charge in [0.2, 0.25) is 15.9 Å². The van der Waals surface area contributed by atoms with Crippen LogP contribution < -0.4 is 10.1 Å². The maximum atomic E-state index is 12.7. The predicted octanol–water partition coefficient (Wildman–Crippen LogP) is 2.78. The van der Waals surface area contributed by atoms with Gasteiger partial charge < -0.3 is 10.1 Å². The van der Waals surface area contributed by atoms with Gasteiger partial charge in [0.05, 0.1) is 18.6 Å². The smallest absolute Gasteiger partial charge is 0.243 e. The normalized spacial score (nSPS) is 11.4. The van der Waals surface area contributed by atoms with Crippen LogP contribution in [0.4, 0.5) is 0 Å². The molecule has 140 valence electrons. The monoisotopic (exact) mass is 440 g/mol. The second-order valence-electron chi connectivity index (χ2n) is 5.51. The molecule has 2 aromatic carbocycles. The number of hydrogen-bond acceptors (Lipinski definition) is 4. The lowest BCUT2D eigenvalue weighted by Gasteiger charge is -2.20. The summed E-state index contributed by atoms with van der Waals surface area (Å²) >= 11 is 3.28. The number of nitrogens with one attached hydrogen (secondary N) is 1. The van der Waals surface area contributed by atoms with E-state index in [1.165, 1.54) is 12.1 Å². The van der Waals surface area contributed by atoms with E-state index in [0.29, 0.717) is 6.54 Å². The number of halogens is 1. The van der Waals surface area contributed by atoms with Gasteiger partial charge in [0.15, 0.2) is 0 Å². The number of ether oxygens (including phenoxy) is 1. The molecule has 0 aliphatic rings. The van der Waals surface area contributed by atoms with Crippen molar-refractivity contribution in [2.45, 2.75) is 18.4 Å². The van der Waals surface area contributed by atoms with Gasteiger partial charge >= 0.3 is 0 Å². The summed E-state index contributed by atoms with van der Waals surface area (Å²) in [5, 5.41) is 2.74. The molecule has 0 aliphatic heterocycles. The third-order valence-corrected chi connectivity index (χ3v) is 6.24. The molecule has 0 saturated carbocycles. The number of carbonyl (C=O) groups is 1. The molecule has 8 heteroatoms. The zero-order chi connectivity index (χ0) is 19.2. The minimum absolute atomic E-state index is 0.158. The predicted molar refractivity (Wildman–Crippen MR) is 103 cm³/mol. The van der Waals surface area contributed by atoms with Crippen LogP contribution in [0.2, 0.25) is 0 Å². The molecule has 1 amide bonds. The summed E-state index contributed by atoms with van der Waals surface area (Å²) in [4.78, 5) is 12.3. The van der Waals surface area contributed by atoms with Crippen molar-refractivity contribution < 1.29 is 17.9 Å². The highest BCUT2D eigenvalue weighted by Gasteiger charge is 2.25. The Kier molecular flexibility index (Phi) is 7.19. The lowest BCUT2D eigenvalue weighted by Crippen LogP contribution is -2.40. The van der Waals surface area contributed by atoms with E-state index in [1.54, 1.807) is 38.3 Å². The number of carbonyl (C=O) groups excluding carboxylic acids is 1. The van der Waals surface area contributed by atoms with Gasteiger partial charge in [-0.05, 0) is 42.0 Å². The van der Waals surface area contributed by atoms with Crippen molar-refractivity contribution in [3.63, 3.8) is 0 Å². The summed E-state index contributed by atoms with van der Waals surface area (Å²) in [6, 6.07) is 13.6. The molecule has 0 atom stereocenters. The molecule has 6 nitrogen and oxygen atoms in total. The average molecular weight is 441 g/mol. The molecular weight excluding hydrogens is 420 g/mol. The summed E-state index contributed by atoms with van der Waals surface area (Å²) in [5.41, 5.74) is 0.901. The third-order valence-electron chi connectivity index (χ3n) is 3.77. The van der Waals surface area contributed by atoms with Crippen LogP contribution in [0.3, 0.4) is 0 Å². The Morgan fingerprint density at radius 1 is 1.12 bits per heavy atom. The zero-order valence-corrected chi connectivity index (χ0v) is 17.0. The van der Waals surface area contributed by atoms with E-state index in [1.807, 2.05) is 12.1 Å². The van der Waals surface area contributed by atoms with Crippen molar-refractivity contribution in [3.05, 3.63) is 58.6 Å². The van der Waals surface area contributed by atoms with Crippen molar-refractivity contribution in [1.82, 2.24) is 9.62 Å². The zero-order valence-electron chi connectivity index (χ0n) is 14.6. The van der Waals surface area contributed by atoms with E-state index in [4.69, 9.17) is 4.74 Å². The quantitative estimate of drug-likeness (QED) is 0.684. The number of methoxy groups -OCH3 is 1. The molecule has 0 heterocycles. The Hall–Kier alpha value is -1.90. The van der Waals surface area contributed by atoms with Gasteiger partial charge in [0.1, 0.15) is 5.75 Å². The van der Waals surface area contributed by atoms with E-state index in [-0.39, 0.29) is 23.9 Å². The minimum Gasteiger partial charge on any atom is -0.497 e. The Morgan fingerprint density at radius 3 is 2.27 bits per heavy atom. The lowest BCUT2D eigenvalue weighted by atomic mass is 10.2. The van der Waals surface area contributed by atoms with Crippen LogP contribution >= 0.6 is 15.9 Å². The van der Waals surface area contributed by atoms with Crippen molar-refractivity contribution in [1.29, 1.82) is 0 Å². The summed E-state index contributed by atoms with van der Waals surface area (Å²) in [6.45, 7) is 1.99. The fraction of sp³-hybridized carbons (Fsp3) is 0.278. The number of hydrogen-bond donors (Lipinski definition) is 1. The van der Waals surface area contributed by atoms with Gasteiger partial charge in [-0.3, -0.25) is 4.79 Å². The summed E-state index contributed by atoms with van der Waals surface area (Å²) in [5.74, 6) is 0.376. The molecule has 0 aromatic heterocycles. The van der Waals surface area contributed by atoms with Gasteiger partial charge in [-0.15, -0.1) is 0 Å². The molecule has 0 spiro atoms. The molecular formula is C18H21BrN2O4S. The van der Waals surface area contributed by atoms with Gasteiger partial charge in [0.25, 0.3) is 0 Å². The Morgan fingerprint density at radius 2 is 1.73 bits per heavy atom. The first-order chi connectivity index (χ1) is 12.4. The summed E-state index contributed by atoms with van der Waals surface area (Å²) in [6.07, 6.45) is 0. The van der Waals surface area contributed by atoms with E-state index >= 15 is 0 Å². The highest BCUT2D eigenvalue weighted by molar-refractivity contribution is 9.10. The SMILES string of the molecule is CCN(CC(=O)NCc1ccc(OC)cc1)S(=O)(=O)c1ccc(Br)cc1. The van der Waals surface area contributed by atoms with Crippen molar-refractivity contribution in [3.8, 4) is 5.75 Å². The topological polar surface area (TPSA) is 75.7 Å². The first-order valence-corrected chi connectivity index (χ1v) is 10.3. The average Bonchev–Trinajstić information content (AvgIpc) is 2.65. The minimum atomic E-state index is -3.72. The van der Waals surface area contributed by atoms with Gasteiger partial charge in [0, 0.05) is 17.6 Å².